The summed E-state index contributed by atoms with van der Waals surface area (Å²) in [5.41, 5.74) is 0.931. The van der Waals surface area contributed by atoms with Crippen molar-refractivity contribution >= 4 is 0 Å². The Morgan fingerprint density at radius 1 is 0.941 bits per heavy atom. The maximum Gasteiger partial charge on any atom is 0.193 e. The van der Waals surface area contributed by atoms with E-state index in [2.05, 4.69) is 0 Å². The fraction of sp³-hybridized carbons (Fsp3) is 0.143. The molecular weight excluding hydrogens is 214 g/mol. The lowest BCUT2D eigenvalue weighted by atomic mass is 9.94. The van der Waals surface area contributed by atoms with Crippen LogP contribution in [0.3, 0.4) is 0 Å². The third-order valence-corrected chi connectivity index (χ3v) is 3.26. The third kappa shape index (κ3) is 1.41. The first-order valence-corrected chi connectivity index (χ1v) is 5.56. The molecule has 1 atom stereocenters. The molecular formula is C14H13NO2. The Labute approximate surface area is 99.5 Å². The van der Waals surface area contributed by atoms with Gasteiger partial charge >= 0.3 is 0 Å². The Bertz CT molecular complexity index is 541. The van der Waals surface area contributed by atoms with Crippen LogP contribution in [-0.4, -0.2) is 15.4 Å². The molecule has 1 aliphatic rings. The Morgan fingerprint density at radius 2 is 1.59 bits per heavy atom. The molecule has 2 N–H and O–H groups in total. The zero-order chi connectivity index (χ0) is 11.9. The van der Waals surface area contributed by atoms with Gasteiger partial charge in [-0.2, -0.15) is 0 Å². The fourth-order valence-corrected chi connectivity index (χ4v) is 2.39. The highest BCUT2D eigenvalue weighted by Gasteiger charge is 2.44. The van der Waals surface area contributed by atoms with Gasteiger partial charge in [0.15, 0.2) is 5.72 Å². The zero-order valence-corrected chi connectivity index (χ0v) is 9.24. The fourth-order valence-electron chi connectivity index (χ4n) is 2.39. The first-order valence-electron chi connectivity index (χ1n) is 5.56. The van der Waals surface area contributed by atoms with Gasteiger partial charge in [-0.3, -0.25) is 0 Å². The monoisotopic (exact) mass is 227 g/mol. The Morgan fingerprint density at radius 3 is 2.35 bits per heavy atom. The van der Waals surface area contributed by atoms with Crippen molar-refractivity contribution in [3.8, 4) is 0 Å². The van der Waals surface area contributed by atoms with Crippen molar-refractivity contribution in [2.75, 3.05) is 0 Å². The van der Waals surface area contributed by atoms with Gasteiger partial charge in [-0.25, -0.2) is 0 Å². The van der Waals surface area contributed by atoms with Crippen molar-refractivity contribution < 1.29 is 10.3 Å². The van der Waals surface area contributed by atoms with Crippen LogP contribution in [0.1, 0.15) is 16.7 Å². The van der Waals surface area contributed by atoms with E-state index in [0.29, 0.717) is 12.1 Å². The second kappa shape index (κ2) is 3.67. The zero-order valence-electron chi connectivity index (χ0n) is 9.24. The molecule has 0 aromatic heterocycles. The highest BCUT2D eigenvalue weighted by molar-refractivity contribution is 5.43. The molecule has 1 heterocycles. The lowest BCUT2D eigenvalue weighted by Crippen LogP contribution is -2.39. The van der Waals surface area contributed by atoms with Crippen LogP contribution < -0.4 is 0 Å². The molecule has 0 bridgehead atoms. The van der Waals surface area contributed by atoms with Crippen molar-refractivity contribution in [1.29, 1.82) is 0 Å². The third-order valence-electron chi connectivity index (χ3n) is 3.26. The van der Waals surface area contributed by atoms with Crippen LogP contribution in [-0.2, 0) is 12.3 Å². The van der Waals surface area contributed by atoms with E-state index >= 15 is 0 Å². The van der Waals surface area contributed by atoms with Crippen LogP contribution in [0.15, 0.2) is 54.6 Å². The van der Waals surface area contributed by atoms with Crippen molar-refractivity contribution in [3.05, 3.63) is 71.3 Å². The van der Waals surface area contributed by atoms with Crippen molar-refractivity contribution in [3.63, 3.8) is 0 Å². The normalized spacial score (nSPS) is 23.6. The molecule has 0 fully saturated rings. The number of hydroxylamine groups is 2. The summed E-state index contributed by atoms with van der Waals surface area (Å²) in [5.74, 6) is 0. The average Bonchev–Trinajstić information content (AvgIpc) is 2.64. The number of fused-ring (bicyclic) bond motifs is 1. The van der Waals surface area contributed by atoms with Crippen LogP contribution in [0, 0.1) is 0 Å². The van der Waals surface area contributed by atoms with Crippen LogP contribution >= 0.6 is 0 Å². The molecule has 0 radical (unpaired) electrons. The van der Waals surface area contributed by atoms with Gasteiger partial charge in [0, 0.05) is 11.1 Å². The summed E-state index contributed by atoms with van der Waals surface area (Å²) in [4.78, 5) is 0. The van der Waals surface area contributed by atoms with Gasteiger partial charge in [-0.15, -0.1) is 5.06 Å². The molecule has 3 rings (SSSR count). The molecule has 3 nitrogen and oxygen atoms in total. The predicted octanol–water partition coefficient (Wildman–Crippen LogP) is 2.08. The maximum absolute atomic E-state index is 10.8. The lowest BCUT2D eigenvalue weighted by molar-refractivity contribution is -0.243. The van der Waals surface area contributed by atoms with E-state index in [1.165, 1.54) is 0 Å². The van der Waals surface area contributed by atoms with Gasteiger partial charge in [-0.05, 0) is 5.56 Å². The maximum atomic E-state index is 10.8. The minimum atomic E-state index is -1.43. The van der Waals surface area contributed by atoms with E-state index in [9.17, 15) is 10.3 Å². The standard InChI is InChI=1S/C14H13NO2/c16-14(12-7-2-1-3-8-12)13-9-5-4-6-11(13)10-15(14)17/h1-9,16-17H,10H2. The average molecular weight is 227 g/mol. The van der Waals surface area contributed by atoms with Gasteiger partial charge in [-0.1, -0.05) is 54.6 Å². The molecule has 0 spiro atoms. The summed E-state index contributed by atoms with van der Waals surface area (Å²) < 4.78 is 0. The molecule has 0 aliphatic carbocycles. The summed E-state index contributed by atoms with van der Waals surface area (Å²) in [6, 6.07) is 16.7. The topological polar surface area (TPSA) is 43.7 Å². The number of benzene rings is 2. The van der Waals surface area contributed by atoms with E-state index in [-0.39, 0.29) is 0 Å². The molecule has 1 aliphatic heterocycles. The summed E-state index contributed by atoms with van der Waals surface area (Å²) in [6.45, 7) is 0.335. The molecule has 0 saturated carbocycles. The van der Waals surface area contributed by atoms with Crippen molar-refractivity contribution in [1.82, 2.24) is 5.06 Å². The smallest absolute Gasteiger partial charge is 0.193 e. The Kier molecular flexibility index (Phi) is 2.26. The molecule has 86 valence electrons. The summed E-state index contributed by atoms with van der Waals surface area (Å²) in [7, 11) is 0. The van der Waals surface area contributed by atoms with Gasteiger partial charge in [0.1, 0.15) is 0 Å². The largest absolute Gasteiger partial charge is 0.366 e. The number of nitrogens with zero attached hydrogens (tertiary/aromatic N) is 1. The molecule has 1 unspecified atom stereocenters. The highest BCUT2D eigenvalue weighted by atomic mass is 16.5. The SMILES string of the molecule is ON1Cc2ccccc2C1(O)c1ccccc1. The predicted molar refractivity (Wildman–Crippen MR) is 63.2 cm³/mol. The van der Waals surface area contributed by atoms with Crippen molar-refractivity contribution in [2.45, 2.75) is 12.3 Å². The van der Waals surface area contributed by atoms with E-state index in [0.717, 1.165) is 16.2 Å². The second-order valence-corrected chi connectivity index (χ2v) is 4.25. The van der Waals surface area contributed by atoms with E-state index in [1.54, 1.807) is 0 Å². The molecule has 2 aromatic rings. The first kappa shape index (κ1) is 10.5. The minimum absolute atomic E-state index is 0.335. The van der Waals surface area contributed by atoms with Crippen LogP contribution in [0.4, 0.5) is 0 Å². The van der Waals surface area contributed by atoms with Crippen LogP contribution in [0.2, 0.25) is 0 Å². The van der Waals surface area contributed by atoms with Gasteiger partial charge < -0.3 is 10.3 Å². The number of rotatable bonds is 1. The summed E-state index contributed by atoms with van der Waals surface area (Å²) in [5, 5.41) is 21.7. The molecule has 3 heteroatoms. The summed E-state index contributed by atoms with van der Waals surface area (Å²) >= 11 is 0. The second-order valence-electron chi connectivity index (χ2n) is 4.25. The molecule has 0 amide bonds. The molecule has 2 aromatic carbocycles. The number of aliphatic hydroxyl groups is 1. The summed E-state index contributed by atoms with van der Waals surface area (Å²) in [6.07, 6.45) is 0. The van der Waals surface area contributed by atoms with Gasteiger partial charge in [0.05, 0.1) is 6.54 Å². The first-order chi connectivity index (χ1) is 8.23. The number of hydrogen-bond donors (Lipinski definition) is 2. The lowest BCUT2D eigenvalue weighted by Gasteiger charge is -2.30. The van der Waals surface area contributed by atoms with Crippen LogP contribution in [0.25, 0.3) is 0 Å². The number of hydrogen-bond acceptors (Lipinski definition) is 3. The Balaban J connectivity index is 2.20. The minimum Gasteiger partial charge on any atom is -0.366 e. The van der Waals surface area contributed by atoms with E-state index < -0.39 is 5.72 Å². The quantitative estimate of drug-likeness (QED) is 0.784. The van der Waals surface area contributed by atoms with E-state index in [4.69, 9.17) is 0 Å². The van der Waals surface area contributed by atoms with Crippen LogP contribution in [0.5, 0.6) is 0 Å². The Hall–Kier alpha value is -1.68. The highest BCUT2D eigenvalue weighted by Crippen LogP contribution is 2.40. The molecule has 17 heavy (non-hydrogen) atoms. The van der Waals surface area contributed by atoms with Gasteiger partial charge in [0.25, 0.3) is 0 Å². The molecule has 0 saturated heterocycles. The van der Waals surface area contributed by atoms with Gasteiger partial charge in [0.2, 0.25) is 0 Å². The van der Waals surface area contributed by atoms with Crippen molar-refractivity contribution in [2.24, 2.45) is 0 Å². The van der Waals surface area contributed by atoms with E-state index in [1.807, 2.05) is 54.6 Å².